The van der Waals surface area contributed by atoms with Gasteiger partial charge >= 0.3 is 0 Å². The first kappa shape index (κ1) is 13.2. The van der Waals surface area contributed by atoms with Crippen LogP contribution in [0.1, 0.15) is 62.5 Å². The first-order valence-electron chi connectivity index (χ1n) is 7.91. The summed E-state index contributed by atoms with van der Waals surface area (Å²) in [5, 5.41) is 8.58. The lowest BCUT2D eigenvalue weighted by Gasteiger charge is -2.23. The van der Waals surface area contributed by atoms with Gasteiger partial charge in [0.15, 0.2) is 0 Å². The number of hydrogen-bond acceptors (Lipinski definition) is 2. The summed E-state index contributed by atoms with van der Waals surface area (Å²) in [4.78, 5) is 0. The van der Waals surface area contributed by atoms with Crippen LogP contribution >= 0.6 is 0 Å². The molecule has 3 rings (SSSR count). The van der Waals surface area contributed by atoms with E-state index in [9.17, 15) is 0 Å². The van der Waals surface area contributed by atoms with Crippen LogP contribution in [-0.2, 0) is 6.54 Å². The molecule has 1 unspecified atom stereocenters. The molecule has 0 aromatic carbocycles. The molecule has 2 saturated carbocycles. The van der Waals surface area contributed by atoms with E-state index >= 15 is 0 Å². The normalized spacial score (nSPS) is 21.1. The molecule has 0 aliphatic heterocycles. The summed E-state index contributed by atoms with van der Waals surface area (Å²) in [6.07, 6.45) is 5.75. The maximum Gasteiger partial charge on any atom is 0.0644 e. The predicted molar refractivity (Wildman–Crippen MR) is 78.2 cm³/mol. The van der Waals surface area contributed by atoms with E-state index < -0.39 is 0 Å². The summed E-state index contributed by atoms with van der Waals surface area (Å²) >= 11 is 0. The molecule has 1 aromatic rings. The van der Waals surface area contributed by atoms with E-state index in [1.165, 1.54) is 42.6 Å². The largest absolute Gasteiger partial charge is 0.307 e. The molecule has 0 bridgehead atoms. The van der Waals surface area contributed by atoms with E-state index in [0.717, 1.165) is 24.4 Å². The van der Waals surface area contributed by atoms with Crippen LogP contribution in [-0.4, -0.2) is 15.8 Å². The van der Waals surface area contributed by atoms with E-state index in [1.807, 2.05) is 0 Å². The van der Waals surface area contributed by atoms with Crippen molar-refractivity contribution in [3.63, 3.8) is 0 Å². The molecule has 19 heavy (non-hydrogen) atoms. The van der Waals surface area contributed by atoms with Crippen molar-refractivity contribution in [2.75, 3.05) is 0 Å². The first-order valence-corrected chi connectivity index (χ1v) is 7.91. The van der Waals surface area contributed by atoms with Crippen molar-refractivity contribution in [2.45, 2.75) is 72.0 Å². The van der Waals surface area contributed by atoms with Gasteiger partial charge < -0.3 is 5.32 Å². The van der Waals surface area contributed by atoms with Gasteiger partial charge in [-0.1, -0.05) is 0 Å². The van der Waals surface area contributed by atoms with Crippen molar-refractivity contribution in [3.05, 3.63) is 17.0 Å². The van der Waals surface area contributed by atoms with Crippen LogP contribution in [0.2, 0.25) is 0 Å². The van der Waals surface area contributed by atoms with Crippen molar-refractivity contribution in [2.24, 2.45) is 11.8 Å². The molecule has 1 atom stereocenters. The van der Waals surface area contributed by atoms with Crippen molar-refractivity contribution in [1.29, 1.82) is 0 Å². The molecule has 106 valence electrons. The Morgan fingerprint density at radius 3 is 2.21 bits per heavy atom. The molecule has 0 radical (unpaired) electrons. The summed E-state index contributed by atoms with van der Waals surface area (Å²) in [5.41, 5.74) is 3.96. The van der Waals surface area contributed by atoms with Gasteiger partial charge in [0.1, 0.15) is 0 Å². The molecule has 0 saturated heterocycles. The number of aromatic nitrogens is 2. The summed E-state index contributed by atoms with van der Waals surface area (Å²) in [6, 6.07) is 1.20. The van der Waals surface area contributed by atoms with Crippen molar-refractivity contribution in [3.8, 4) is 0 Å². The van der Waals surface area contributed by atoms with E-state index in [-0.39, 0.29) is 0 Å². The molecule has 0 amide bonds. The van der Waals surface area contributed by atoms with E-state index in [0.29, 0.717) is 6.04 Å². The Labute approximate surface area is 116 Å². The fourth-order valence-electron chi connectivity index (χ4n) is 3.59. The Hall–Kier alpha value is -0.830. The standard InChI is InChI=1S/C16H27N3/c1-5-19-12(4)15(11(3)18-19)10(2)17-16(13-6-7-13)14-8-9-14/h10,13-14,16-17H,5-9H2,1-4H3. The van der Waals surface area contributed by atoms with Gasteiger partial charge in [0.25, 0.3) is 0 Å². The molecule has 2 fully saturated rings. The molecule has 3 heteroatoms. The third-order valence-electron chi connectivity index (χ3n) is 4.87. The lowest BCUT2D eigenvalue weighted by Crippen LogP contribution is -2.35. The van der Waals surface area contributed by atoms with Crippen LogP contribution < -0.4 is 5.32 Å². The average Bonchev–Trinajstić information content (AvgIpc) is 3.26. The fourth-order valence-corrected chi connectivity index (χ4v) is 3.59. The van der Waals surface area contributed by atoms with Crippen molar-refractivity contribution < 1.29 is 0 Å². The van der Waals surface area contributed by atoms with Crippen LogP contribution in [0.15, 0.2) is 0 Å². The van der Waals surface area contributed by atoms with Crippen molar-refractivity contribution >= 4 is 0 Å². The smallest absolute Gasteiger partial charge is 0.0644 e. The van der Waals surface area contributed by atoms with Gasteiger partial charge in [0, 0.05) is 29.9 Å². The second kappa shape index (κ2) is 4.93. The highest BCUT2D eigenvalue weighted by atomic mass is 15.3. The monoisotopic (exact) mass is 261 g/mol. The zero-order valence-corrected chi connectivity index (χ0v) is 12.7. The average molecular weight is 261 g/mol. The summed E-state index contributed by atoms with van der Waals surface area (Å²) in [5.74, 6) is 1.91. The highest BCUT2D eigenvalue weighted by Crippen LogP contribution is 2.45. The highest BCUT2D eigenvalue weighted by molar-refractivity contribution is 5.28. The maximum atomic E-state index is 4.65. The molecule has 1 N–H and O–H groups in total. The van der Waals surface area contributed by atoms with Gasteiger partial charge in [-0.2, -0.15) is 5.10 Å². The van der Waals surface area contributed by atoms with Gasteiger partial charge in [-0.25, -0.2) is 0 Å². The highest BCUT2D eigenvalue weighted by Gasteiger charge is 2.42. The molecule has 3 nitrogen and oxygen atoms in total. The third kappa shape index (κ3) is 2.58. The van der Waals surface area contributed by atoms with Crippen LogP contribution in [0.3, 0.4) is 0 Å². The fraction of sp³-hybridized carbons (Fsp3) is 0.812. The Morgan fingerprint density at radius 2 is 1.79 bits per heavy atom. The maximum absolute atomic E-state index is 4.65. The molecular weight excluding hydrogens is 234 g/mol. The van der Waals surface area contributed by atoms with Gasteiger partial charge in [0.2, 0.25) is 0 Å². The Bertz CT molecular complexity index is 443. The zero-order chi connectivity index (χ0) is 13.6. The van der Waals surface area contributed by atoms with Crippen molar-refractivity contribution in [1.82, 2.24) is 15.1 Å². The molecule has 2 aliphatic rings. The van der Waals surface area contributed by atoms with E-state index in [2.05, 4.69) is 42.8 Å². The topological polar surface area (TPSA) is 29.9 Å². The van der Waals surface area contributed by atoms with Gasteiger partial charge in [-0.05, 0) is 65.2 Å². The minimum Gasteiger partial charge on any atom is -0.307 e. The minimum absolute atomic E-state index is 0.437. The molecule has 1 heterocycles. The molecular formula is C16H27N3. The molecule has 0 spiro atoms. The van der Waals surface area contributed by atoms with Crippen LogP contribution in [0, 0.1) is 25.7 Å². The Morgan fingerprint density at radius 1 is 1.21 bits per heavy atom. The van der Waals surface area contributed by atoms with E-state index in [1.54, 1.807) is 0 Å². The van der Waals surface area contributed by atoms with Gasteiger partial charge in [-0.15, -0.1) is 0 Å². The van der Waals surface area contributed by atoms with Crippen LogP contribution in [0.4, 0.5) is 0 Å². The molecule has 1 aromatic heterocycles. The van der Waals surface area contributed by atoms with Crippen LogP contribution in [0.25, 0.3) is 0 Å². The summed E-state index contributed by atoms with van der Waals surface area (Å²) < 4.78 is 2.13. The lowest BCUT2D eigenvalue weighted by atomic mass is 10.0. The number of hydrogen-bond donors (Lipinski definition) is 1. The zero-order valence-electron chi connectivity index (χ0n) is 12.7. The number of nitrogens with zero attached hydrogens (tertiary/aromatic N) is 2. The third-order valence-corrected chi connectivity index (χ3v) is 4.87. The van der Waals surface area contributed by atoms with Crippen LogP contribution in [0.5, 0.6) is 0 Å². The summed E-state index contributed by atoms with van der Waals surface area (Å²) in [6.45, 7) is 9.80. The van der Waals surface area contributed by atoms with E-state index in [4.69, 9.17) is 0 Å². The van der Waals surface area contributed by atoms with Gasteiger partial charge in [-0.3, -0.25) is 4.68 Å². The number of nitrogens with one attached hydrogen (secondary N) is 1. The SMILES string of the molecule is CCn1nc(C)c(C(C)NC(C2CC2)C2CC2)c1C. The predicted octanol–water partition coefficient (Wildman–Crippen LogP) is 3.36. The Kier molecular flexibility index (Phi) is 3.42. The molecule has 2 aliphatic carbocycles. The Balaban J connectivity index is 1.75. The second-order valence-electron chi connectivity index (χ2n) is 6.49. The lowest BCUT2D eigenvalue weighted by molar-refractivity contribution is 0.376. The number of rotatable bonds is 6. The number of aryl methyl sites for hydroxylation is 2. The summed E-state index contributed by atoms with van der Waals surface area (Å²) in [7, 11) is 0. The quantitative estimate of drug-likeness (QED) is 0.851. The van der Waals surface area contributed by atoms with Gasteiger partial charge in [0.05, 0.1) is 5.69 Å². The first-order chi connectivity index (χ1) is 9.11. The second-order valence-corrected chi connectivity index (χ2v) is 6.49. The minimum atomic E-state index is 0.437.